The predicted octanol–water partition coefficient (Wildman–Crippen LogP) is 2.18. The first-order valence-electron chi connectivity index (χ1n) is 11.8. The molecule has 9 nitrogen and oxygen atoms in total. The van der Waals surface area contributed by atoms with E-state index in [0.717, 1.165) is 16.7 Å². The predicted molar refractivity (Wildman–Crippen MR) is 134 cm³/mol. The third-order valence-corrected chi connectivity index (χ3v) is 6.60. The third-order valence-electron chi connectivity index (χ3n) is 6.60. The number of nitrogens with one attached hydrogen (secondary N) is 1. The maximum absolute atomic E-state index is 14.8. The van der Waals surface area contributed by atoms with Gasteiger partial charge in [0.15, 0.2) is 0 Å². The smallest absolute Gasteiger partial charge is 0.415 e. The van der Waals surface area contributed by atoms with E-state index in [1.54, 1.807) is 19.2 Å². The molecule has 188 valence electrons. The highest BCUT2D eigenvalue weighted by Crippen LogP contribution is 2.29. The van der Waals surface area contributed by atoms with Crippen molar-refractivity contribution < 1.29 is 18.7 Å². The molecule has 2 aliphatic heterocycles. The number of hydrogen-bond acceptors (Lipinski definition) is 7. The average Bonchev–Trinajstić information content (AvgIpc) is 3.24. The Labute approximate surface area is 207 Å². The number of cyclic esters (lactones) is 1. The molecule has 1 atom stereocenters. The number of nitrogens with zero attached hydrogens (tertiary/aromatic N) is 3. The molecule has 0 unspecified atom stereocenters. The van der Waals surface area contributed by atoms with E-state index in [1.807, 2.05) is 6.07 Å². The molecule has 1 aromatic carbocycles. The fourth-order valence-electron chi connectivity index (χ4n) is 4.74. The van der Waals surface area contributed by atoms with Gasteiger partial charge in [-0.3, -0.25) is 9.69 Å². The van der Waals surface area contributed by atoms with Crippen LogP contribution >= 0.6 is 0 Å². The Bertz CT molecular complexity index is 1420. The fourth-order valence-corrected chi connectivity index (χ4v) is 4.74. The number of aryl methyl sites for hydroxylation is 1. The number of hydrogen-bond donors (Lipinski definition) is 2. The molecule has 5 rings (SSSR count). The molecule has 1 saturated heterocycles. The van der Waals surface area contributed by atoms with Crippen molar-refractivity contribution in [3.8, 4) is 5.75 Å². The normalized spacial score (nSPS) is 17.3. The van der Waals surface area contributed by atoms with Crippen LogP contribution in [0.2, 0.25) is 0 Å². The number of carbonyl (C=O) groups is 1. The van der Waals surface area contributed by atoms with Crippen molar-refractivity contribution in [1.82, 2.24) is 14.9 Å². The standard InChI is InChI=1S/C26H28FN5O4/c1-15-9-21-22(35-14-15)5-6-23(30-21)32-13-17(36-26(32)34)12-29-8-7-19-20(27)4-3-18-16(11-28)10-24(33)31(2)25(18)19/h3-6,10,17,29H,1,7-9,11-14,28H2,2H3/t17-/m0/s1. The highest BCUT2D eigenvalue weighted by Gasteiger charge is 2.33. The number of carbonyl (C=O) groups excluding carboxylic acids is 1. The van der Waals surface area contributed by atoms with E-state index in [9.17, 15) is 14.0 Å². The van der Waals surface area contributed by atoms with E-state index in [1.165, 1.54) is 21.6 Å². The zero-order chi connectivity index (χ0) is 25.4. The summed E-state index contributed by atoms with van der Waals surface area (Å²) in [6.45, 7) is 5.79. The lowest BCUT2D eigenvalue weighted by atomic mass is 10.0. The quantitative estimate of drug-likeness (QED) is 0.383. The van der Waals surface area contributed by atoms with Crippen LogP contribution in [0.5, 0.6) is 5.75 Å². The van der Waals surface area contributed by atoms with Crippen LogP contribution in [-0.4, -0.2) is 48.0 Å². The minimum Gasteiger partial charge on any atom is -0.487 e. The molecule has 0 bridgehead atoms. The van der Waals surface area contributed by atoms with Crippen LogP contribution < -0.4 is 26.2 Å². The Kier molecular flexibility index (Phi) is 6.46. The van der Waals surface area contributed by atoms with E-state index in [4.69, 9.17) is 15.2 Å². The molecule has 2 aliphatic rings. The lowest BCUT2D eigenvalue weighted by Gasteiger charge is -2.20. The van der Waals surface area contributed by atoms with Gasteiger partial charge in [-0.2, -0.15) is 0 Å². The lowest BCUT2D eigenvalue weighted by Crippen LogP contribution is -2.32. The van der Waals surface area contributed by atoms with Crippen molar-refractivity contribution in [3.05, 3.63) is 75.5 Å². The van der Waals surface area contributed by atoms with Gasteiger partial charge >= 0.3 is 6.09 Å². The summed E-state index contributed by atoms with van der Waals surface area (Å²) in [7, 11) is 1.63. The van der Waals surface area contributed by atoms with E-state index in [0.29, 0.717) is 67.3 Å². The maximum Gasteiger partial charge on any atom is 0.415 e. The van der Waals surface area contributed by atoms with Gasteiger partial charge < -0.3 is 25.1 Å². The number of benzene rings is 1. The zero-order valence-electron chi connectivity index (χ0n) is 20.1. The Morgan fingerprint density at radius 1 is 1.28 bits per heavy atom. The Hall–Kier alpha value is -3.76. The number of aromatic nitrogens is 2. The summed E-state index contributed by atoms with van der Waals surface area (Å²) in [5, 5.41) is 4.01. The van der Waals surface area contributed by atoms with E-state index >= 15 is 0 Å². The van der Waals surface area contributed by atoms with Crippen LogP contribution in [0.4, 0.5) is 15.0 Å². The SMILES string of the molecule is C=C1COc2ccc(N3C[C@H](CNCCc4c(F)ccc5c(CN)cc(=O)n(C)c45)OC3=O)nc2C1. The molecule has 0 spiro atoms. The molecule has 4 heterocycles. The van der Waals surface area contributed by atoms with Gasteiger partial charge in [0.25, 0.3) is 5.56 Å². The molecule has 3 N–H and O–H groups in total. The fraction of sp³-hybridized carbons (Fsp3) is 0.346. The molecule has 3 aromatic rings. The monoisotopic (exact) mass is 493 g/mol. The first-order chi connectivity index (χ1) is 17.4. The summed E-state index contributed by atoms with van der Waals surface area (Å²) in [6, 6.07) is 8.11. The molecule has 0 saturated carbocycles. The van der Waals surface area contributed by atoms with Gasteiger partial charge in [-0.1, -0.05) is 6.58 Å². The molecule has 0 aliphatic carbocycles. The molecular weight excluding hydrogens is 465 g/mol. The van der Waals surface area contributed by atoms with E-state index < -0.39 is 6.09 Å². The van der Waals surface area contributed by atoms with Crippen LogP contribution in [0.1, 0.15) is 16.8 Å². The summed E-state index contributed by atoms with van der Waals surface area (Å²) in [5.41, 5.74) is 8.94. The van der Waals surface area contributed by atoms with Gasteiger partial charge in [-0.25, -0.2) is 14.2 Å². The summed E-state index contributed by atoms with van der Waals surface area (Å²) in [5.74, 6) is 0.833. The van der Waals surface area contributed by atoms with Crippen LogP contribution in [0.15, 0.2) is 47.3 Å². The van der Waals surface area contributed by atoms with Crippen LogP contribution in [-0.2, 0) is 31.2 Å². The first-order valence-corrected chi connectivity index (χ1v) is 11.8. The minimum absolute atomic E-state index is 0.195. The Morgan fingerprint density at radius 3 is 2.92 bits per heavy atom. The van der Waals surface area contributed by atoms with Crippen molar-refractivity contribution in [2.24, 2.45) is 12.8 Å². The molecule has 2 aromatic heterocycles. The Balaban J connectivity index is 1.23. The minimum atomic E-state index is -0.464. The zero-order valence-corrected chi connectivity index (χ0v) is 20.1. The average molecular weight is 494 g/mol. The van der Waals surface area contributed by atoms with Crippen molar-refractivity contribution in [2.75, 3.05) is 31.1 Å². The van der Waals surface area contributed by atoms with Crippen molar-refractivity contribution >= 4 is 22.8 Å². The Morgan fingerprint density at radius 2 is 2.11 bits per heavy atom. The second-order valence-corrected chi connectivity index (χ2v) is 9.09. The van der Waals surface area contributed by atoms with Crippen molar-refractivity contribution in [1.29, 1.82) is 0 Å². The molecule has 10 heteroatoms. The van der Waals surface area contributed by atoms with Crippen LogP contribution in [0.3, 0.4) is 0 Å². The molecule has 1 amide bonds. The number of anilines is 1. The summed E-state index contributed by atoms with van der Waals surface area (Å²) in [4.78, 5) is 30.9. The van der Waals surface area contributed by atoms with Gasteiger partial charge in [-0.15, -0.1) is 0 Å². The van der Waals surface area contributed by atoms with Gasteiger partial charge in [0, 0.05) is 43.6 Å². The molecule has 1 fully saturated rings. The van der Waals surface area contributed by atoms with Gasteiger partial charge in [0.1, 0.15) is 30.1 Å². The highest BCUT2D eigenvalue weighted by molar-refractivity contribution is 5.88. The number of fused-ring (bicyclic) bond motifs is 2. The summed E-state index contributed by atoms with van der Waals surface area (Å²) < 4.78 is 27.3. The molecule has 0 radical (unpaired) electrons. The molecule has 36 heavy (non-hydrogen) atoms. The van der Waals surface area contributed by atoms with E-state index in [-0.39, 0.29) is 24.0 Å². The summed E-state index contributed by atoms with van der Waals surface area (Å²) >= 11 is 0. The number of nitrogens with two attached hydrogens (primary N) is 1. The summed E-state index contributed by atoms with van der Waals surface area (Å²) in [6.07, 6.45) is 0.118. The van der Waals surface area contributed by atoms with Gasteiger partial charge in [0.2, 0.25) is 0 Å². The lowest BCUT2D eigenvalue weighted by molar-refractivity contribution is 0.140. The number of amides is 1. The van der Waals surface area contributed by atoms with E-state index in [2.05, 4.69) is 16.9 Å². The third kappa shape index (κ3) is 4.45. The number of rotatable bonds is 7. The first kappa shape index (κ1) is 24.0. The maximum atomic E-state index is 14.8. The number of halogens is 1. The van der Waals surface area contributed by atoms with Gasteiger partial charge in [0.05, 0.1) is 17.8 Å². The van der Waals surface area contributed by atoms with Crippen LogP contribution in [0.25, 0.3) is 10.9 Å². The van der Waals surface area contributed by atoms with Gasteiger partial charge in [-0.05, 0) is 48.4 Å². The second-order valence-electron chi connectivity index (χ2n) is 9.09. The topological polar surface area (TPSA) is 112 Å². The van der Waals surface area contributed by atoms with Crippen molar-refractivity contribution in [2.45, 2.75) is 25.5 Å². The van der Waals surface area contributed by atoms with Crippen LogP contribution in [0, 0.1) is 5.82 Å². The number of ether oxygens (including phenoxy) is 2. The number of pyridine rings is 2. The molecular formula is C26H28FN5O4. The van der Waals surface area contributed by atoms with Crippen molar-refractivity contribution in [3.63, 3.8) is 0 Å². The largest absolute Gasteiger partial charge is 0.487 e. The highest BCUT2D eigenvalue weighted by atomic mass is 19.1. The second kappa shape index (κ2) is 9.71.